The predicted molar refractivity (Wildman–Crippen MR) is 148 cm³/mol. The summed E-state index contributed by atoms with van der Waals surface area (Å²) in [5.74, 6) is -1.53. The molecule has 0 fully saturated rings. The third-order valence-electron chi connectivity index (χ3n) is 6.75. The topological polar surface area (TPSA) is 104 Å². The van der Waals surface area contributed by atoms with Gasteiger partial charge < -0.3 is 10.2 Å². The van der Waals surface area contributed by atoms with Crippen molar-refractivity contribution in [2.75, 3.05) is 13.1 Å². The van der Waals surface area contributed by atoms with Crippen molar-refractivity contribution >= 4 is 27.7 Å². The molecule has 0 radical (unpaired) electrons. The first-order valence-corrected chi connectivity index (χ1v) is 14.3. The van der Waals surface area contributed by atoms with E-state index in [0.29, 0.717) is 10.8 Å². The number of nitrogens with one attached hydrogen (secondary N) is 1. The van der Waals surface area contributed by atoms with Gasteiger partial charge in [-0.3, -0.25) is 14.4 Å². The fourth-order valence-electron chi connectivity index (χ4n) is 4.55. The molecule has 8 nitrogen and oxygen atoms in total. The van der Waals surface area contributed by atoms with Crippen molar-refractivity contribution in [2.45, 2.75) is 44.7 Å². The SMILES string of the molecule is Cc1ccccc1CN(C(=O)CN1C(=O)c2ccccc2S1(=O)=O)[C@@H](Cc1ccccc1)C(=O)NCC(C)C. The second-order valence-corrected chi connectivity index (χ2v) is 11.9. The van der Waals surface area contributed by atoms with Crippen molar-refractivity contribution in [3.8, 4) is 0 Å². The number of carbonyl (C=O) groups is 3. The van der Waals surface area contributed by atoms with Gasteiger partial charge in [0.25, 0.3) is 15.9 Å². The first kappa shape index (κ1) is 28.0. The van der Waals surface area contributed by atoms with Crippen LogP contribution < -0.4 is 5.32 Å². The quantitative estimate of drug-likeness (QED) is 0.418. The second kappa shape index (κ2) is 11.8. The molecule has 0 spiro atoms. The highest BCUT2D eigenvalue weighted by Gasteiger charge is 2.43. The summed E-state index contributed by atoms with van der Waals surface area (Å²) in [5, 5.41) is 2.94. The van der Waals surface area contributed by atoms with Gasteiger partial charge in [0.2, 0.25) is 11.8 Å². The molecule has 1 atom stereocenters. The summed E-state index contributed by atoms with van der Waals surface area (Å²) in [6.07, 6.45) is 0.226. The van der Waals surface area contributed by atoms with Gasteiger partial charge >= 0.3 is 0 Å². The van der Waals surface area contributed by atoms with Gasteiger partial charge in [-0.1, -0.05) is 80.6 Å². The van der Waals surface area contributed by atoms with E-state index in [2.05, 4.69) is 5.32 Å². The minimum Gasteiger partial charge on any atom is -0.354 e. The Kier molecular flexibility index (Phi) is 8.50. The average molecular weight is 548 g/mol. The molecule has 0 aliphatic carbocycles. The summed E-state index contributed by atoms with van der Waals surface area (Å²) in [6.45, 7) is 5.66. The van der Waals surface area contributed by atoms with Gasteiger partial charge in [-0.25, -0.2) is 12.7 Å². The highest BCUT2D eigenvalue weighted by atomic mass is 32.2. The van der Waals surface area contributed by atoms with Crippen LogP contribution in [0.25, 0.3) is 0 Å². The highest BCUT2D eigenvalue weighted by Crippen LogP contribution is 2.30. The third-order valence-corrected chi connectivity index (χ3v) is 8.54. The number of hydrogen-bond acceptors (Lipinski definition) is 5. The molecule has 1 N–H and O–H groups in total. The molecule has 3 aromatic carbocycles. The lowest BCUT2D eigenvalue weighted by molar-refractivity contribution is -0.141. The van der Waals surface area contributed by atoms with E-state index < -0.39 is 34.4 Å². The van der Waals surface area contributed by atoms with Crippen LogP contribution in [0.5, 0.6) is 0 Å². The zero-order valence-electron chi connectivity index (χ0n) is 22.3. The molecule has 0 bridgehead atoms. The Morgan fingerprint density at radius 3 is 2.23 bits per heavy atom. The highest BCUT2D eigenvalue weighted by molar-refractivity contribution is 7.90. The number of sulfonamides is 1. The zero-order valence-corrected chi connectivity index (χ0v) is 23.1. The van der Waals surface area contributed by atoms with Crippen LogP contribution in [-0.2, 0) is 32.6 Å². The van der Waals surface area contributed by atoms with Gasteiger partial charge in [0, 0.05) is 19.5 Å². The van der Waals surface area contributed by atoms with E-state index in [4.69, 9.17) is 0 Å². The largest absolute Gasteiger partial charge is 0.354 e. The molecule has 0 saturated carbocycles. The molecular weight excluding hydrogens is 514 g/mol. The fourth-order valence-corrected chi connectivity index (χ4v) is 6.07. The van der Waals surface area contributed by atoms with Crippen molar-refractivity contribution in [3.05, 3.63) is 101 Å². The molecule has 1 heterocycles. The van der Waals surface area contributed by atoms with E-state index in [-0.39, 0.29) is 35.2 Å². The minimum atomic E-state index is -4.20. The number of fused-ring (bicyclic) bond motifs is 1. The number of carbonyl (C=O) groups excluding carboxylic acids is 3. The molecule has 0 unspecified atom stereocenters. The Balaban J connectivity index is 1.72. The number of benzene rings is 3. The molecule has 9 heteroatoms. The Bertz CT molecular complexity index is 1470. The first-order valence-electron chi connectivity index (χ1n) is 12.9. The number of rotatable bonds is 10. The van der Waals surface area contributed by atoms with Gasteiger partial charge in [0.1, 0.15) is 17.5 Å². The summed E-state index contributed by atoms with van der Waals surface area (Å²) >= 11 is 0. The first-order chi connectivity index (χ1) is 18.6. The molecule has 1 aliphatic rings. The van der Waals surface area contributed by atoms with Crippen molar-refractivity contribution in [3.63, 3.8) is 0 Å². The monoisotopic (exact) mass is 547 g/mol. The Morgan fingerprint density at radius 1 is 0.923 bits per heavy atom. The smallest absolute Gasteiger partial charge is 0.269 e. The van der Waals surface area contributed by atoms with Crippen LogP contribution in [0.4, 0.5) is 0 Å². The second-order valence-electron chi connectivity index (χ2n) is 10.1. The summed E-state index contributed by atoms with van der Waals surface area (Å²) in [6, 6.07) is 21.8. The van der Waals surface area contributed by atoms with E-state index in [9.17, 15) is 22.8 Å². The number of hydrogen-bond donors (Lipinski definition) is 1. The van der Waals surface area contributed by atoms with Crippen molar-refractivity contribution in [1.82, 2.24) is 14.5 Å². The maximum atomic E-state index is 14.0. The number of aryl methyl sites for hydroxylation is 1. The van der Waals surface area contributed by atoms with Gasteiger partial charge in [0.15, 0.2) is 0 Å². The van der Waals surface area contributed by atoms with Crippen LogP contribution in [0.3, 0.4) is 0 Å². The molecule has 0 aromatic heterocycles. The van der Waals surface area contributed by atoms with Gasteiger partial charge in [0.05, 0.1) is 5.56 Å². The van der Waals surface area contributed by atoms with Crippen LogP contribution in [0.15, 0.2) is 83.8 Å². The lowest BCUT2D eigenvalue weighted by Crippen LogP contribution is -2.53. The molecule has 0 saturated heterocycles. The fraction of sp³-hybridized carbons (Fsp3) is 0.300. The van der Waals surface area contributed by atoms with E-state index in [1.807, 2.05) is 75.4 Å². The Morgan fingerprint density at radius 2 is 1.56 bits per heavy atom. The van der Waals surface area contributed by atoms with Crippen LogP contribution in [0.1, 0.15) is 40.9 Å². The summed E-state index contributed by atoms with van der Waals surface area (Å²) in [4.78, 5) is 41.9. The van der Waals surface area contributed by atoms with Crippen molar-refractivity contribution < 1.29 is 22.8 Å². The predicted octanol–water partition coefficient (Wildman–Crippen LogP) is 3.55. The summed E-state index contributed by atoms with van der Waals surface area (Å²) in [5.41, 5.74) is 2.63. The van der Waals surface area contributed by atoms with Crippen molar-refractivity contribution in [2.24, 2.45) is 5.92 Å². The minimum absolute atomic E-state index is 0.0336. The Labute approximate surface area is 229 Å². The van der Waals surface area contributed by atoms with Gasteiger partial charge in [-0.2, -0.15) is 0 Å². The Hall–Kier alpha value is -3.98. The molecule has 39 heavy (non-hydrogen) atoms. The van der Waals surface area contributed by atoms with E-state index in [0.717, 1.165) is 16.7 Å². The van der Waals surface area contributed by atoms with Gasteiger partial charge in [-0.05, 0) is 41.7 Å². The molecule has 3 amide bonds. The summed E-state index contributed by atoms with van der Waals surface area (Å²) < 4.78 is 27.0. The molecular formula is C30H33N3O5S. The lowest BCUT2D eigenvalue weighted by Gasteiger charge is -2.33. The van der Waals surface area contributed by atoms with Crippen LogP contribution in [0.2, 0.25) is 0 Å². The molecule has 3 aromatic rings. The van der Waals surface area contributed by atoms with Crippen LogP contribution in [-0.4, -0.2) is 54.5 Å². The maximum absolute atomic E-state index is 14.0. The van der Waals surface area contributed by atoms with Gasteiger partial charge in [-0.15, -0.1) is 0 Å². The number of amides is 3. The molecule has 4 rings (SSSR count). The number of nitrogens with zero attached hydrogens (tertiary/aromatic N) is 2. The normalized spacial score (nSPS) is 14.7. The van der Waals surface area contributed by atoms with Crippen molar-refractivity contribution in [1.29, 1.82) is 0 Å². The van der Waals surface area contributed by atoms with Crippen LogP contribution >= 0.6 is 0 Å². The van der Waals surface area contributed by atoms with E-state index in [1.54, 1.807) is 6.07 Å². The van der Waals surface area contributed by atoms with Crippen LogP contribution in [0, 0.1) is 12.8 Å². The van der Waals surface area contributed by atoms with E-state index in [1.165, 1.54) is 23.1 Å². The maximum Gasteiger partial charge on any atom is 0.269 e. The summed E-state index contributed by atoms with van der Waals surface area (Å²) in [7, 11) is -4.20. The third kappa shape index (κ3) is 6.20. The lowest BCUT2D eigenvalue weighted by atomic mass is 10.0. The molecule has 1 aliphatic heterocycles. The standard InChI is InChI=1S/C30H33N3O5S/c1-21(2)18-31-29(35)26(17-23-12-5-4-6-13-23)32(19-24-14-8-7-11-22(24)3)28(34)20-33-30(36)25-15-9-10-16-27(25)39(33,37)38/h4-16,21,26H,17-20H2,1-3H3,(H,31,35)/t26-/m0/s1. The van der Waals surface area contributed by atoms with E-state index >= 15 is 0 Å². The average Bonchev–Trinajstić information content (AvgIpc) is 3.11. The zero-order chi connectivity index (χ0) is 28.2. The molecule has 204 valence electrons.